The number of nitrogens with one attached hydrogen (secondary N) is 1. The minimum Gasteiger partial charge on any atom is -0.494 e. The fourth-order valence-corrected chi connectivity index (χ4v) is 4.37. The summed E-state index contributed by atoms with van der Waals surface area (Å²) in [5.41, 5.74) is 4.06. The van der Waals surface area contributed by atoms with Crippen LogP contribution in [0.25, 0.3) is 22.5 Å². The molecule has 0 atom stereocenters. The molecule has 0 radical (unpaired) electrons. The van der Waals surface area contributed by atoms with Crippen molar-refractivity contribution in [3.05, 3.63) is 130 Å². The number of non-ortho nitro benzene ring substituents is 2. The normalized spacial score (nSPS) is 10.1. The highest BCUT2D eigenvalue weighted by Gasteiger charge is 2.14. The number of nitrogens with zero attached hydrogens (tertiary/aromatic N) is 9. The highest BCUT2D eigenvalue weighted by Crippen LogP contribution is 2.32. The molecule has 0 unspecified atom stereocenters. The molecule has 47 heavy (non-hydrogen) atoms. The third-order valence-corrected chi connectivity index (χ3v) is 6.77. The fraction of sp³-hybridized carbons (Fsp3) is 0.133. The van der Waals surface area contributed by atoms with Gasteiger partial charge in [0.1, 0.15) is 48.2 Å². The van der Waals surface area contributed by atoms with E-state index in [0.29, 0.717) is 45.9 Å². The molecular formula is C30H27BrN10O6. The van der Waals surface area contributed by atoms with Crippen molar-refractivity contribution >= 4 is 27.3 Å². The summed E-state index contributed by atoms with van der Waals surface area (Å²) in [5, 5.41) is 32.4. The summed E-state index contributed by atoms with van der Waals surface area (Å²) in [6.45, 7) is 0.450. The zero-order chi connectivity index (χ0) is 33.6. The molecule has 6 aromatic rings. The zero-order valence-electron chi connectivity index (χ0n) is 25.0. The lowest BCUT2D eigenvalue weighted by Crippen LogP contribution is -2.04. The van der Waals surface area contributed by atoms with Gasteiger partial charge in [-0.1, -0.05) is 40.2 Å². The second kappa shape index (κ2) is 16.8. The third kappa shape index (κ3) is 9.44. The number of hydrogen-bond donors (Lipinski definition) is 1. The van der Waals surface area contributed by atoms with E-state index in [1.807, 2.05) is 12.1 Å². The highest BCUT2D eigenvalue weighted by molar-refractivity contribution is 9.08. The quantitative estimate of drug-likeness (QED) is 0.110. The van der Waals surface area contributed by atoms with Gasteiger partial charge in [-0.15, -0.1) is 0 Å². The van der Waals surface area contributed by atoms with Crippen molar-refractivity contribution in [1.29, 1.82) is 0 Å². The van der Waals surface area contributed by atoms with Crippen LogP contribution in [0.2, 0.25) is 0 Å². The SMILES string of the molecule is COc1ccc(CBr)nc1-c1cccc([N+](=O)[O-])c1.COc1ccc(Cn2cncn2)nc1-c1cccc([N+](=O)[O-])c1.c1nc[nH]n1. The molecule has 0 amide bonds. The van der Waals surface area contributed by atoms with Crippen LogP contribution in [0.4, 0.5) is 11.4 Å². The van der Waals surface area contributed by atoms with E-state index in [4.69, 9.17) is 9.47 Å². The Hall–Kier alpha value is -6.10. The van der Waals surface area contributed by atoms with Crippen LogP contribution in [0.5, 0.6) is 11.5 Å². The van der Waals surface area contributed by atoms with Crippen LogP contribution in [0.1, 0.15) is 11.4 Å². The molecule has 0 aliphatic carbocycles. The van der Waals surface area contributed by atoms with Crippen molar-refractivity contribution in [3.63, 3.8) is 0 Å². The molecule has 4 heterocycles. The van der Waals surface area contributed by atoms with Crippen molar-refractivity contribution in [2.45, 2.75) is 11.9 Å². The van der Waals surface area contributed by atoms with Crippen molar-refractivity contribution < 1.29 is 19.3 Å². The molecule has 0 aliphatic rings. The molecule has 16 nitrogen and oxygen atoms in total. The van der Waals surface area contributed by atoms with Crippen LogP contribution in [-0.2, 0) is 11.9 Å². The van der Waals surface area contributed by atoms with Gasteiger partial charge in [0.05, 0.1) is 42.0 Å². The maximum Gasteiger partial charge on any atom is 0.270 e. The number of aromatic nitrogens is 8. The molecular weight excluding hydrogens is 676 g/mol. The van der Waals surface area contributed by atoms with E-state index in [1.54, 1.807) is 54.5 Å². The third-order valence-electron chi connectivity index (χ3n) is 6.19. The van der Waals surface area contributed by atoms with Crippen LogP contribution in [0, 0.1) is 20.2 Å². The predicted octanol–water partition coefficient (Wildman–Crippen LogP) is 5.67. The average Bonchev–Trinajstić information content (AvgIpc) is 3.87. The molecule has 1 N–H and O–H groups in total. The van der Waals surface area contributed by atoms with Crippen LogP contribution in [-0.4, -0.2) is 64.0 Å². The molecule has 17 heteroatoms. The number of ether oxygens (including phenoxy) is 2. The summed E-state index contributed by atoms with van der Waals surface area (Å²) >= 11 is 3.34. The maximum absolute atomic E-state index is 11.0. The first-order valence-corrected chi connectivity index (χ1v) is 14.7. The molecule has 4 aromatic heterocycles. The van der Waals surface area contributed by atoms with Crippen LogP contribution >= 0.6 is 15.9 Å². The Labute approximate surface area is 275 Å². The van der Waals surface area contributed by atoms with E-state index >= 15 is 0 Å². The van der Waals surface area contributed by atoms with Gasteiger partial charge in [-0.05, 0) is 24.3 Å². The number of pyridine rings is 2. The number of nitro groups is 2. The maximum atomic E-state index is 11.0. The van der Waals surface area contributed by atoms with Gasteiger partial charge in [0.25, 0.3) is 11.4 Å². The second-order valence-electron chi connectivity index (χ2n) is 9.20. The topological polar surface area (TPSA) is 203 Å². The molecule has 240 valence electrons. The van der Waals surface area contributed by atoms with Gasteiger partial charge in [-0.2, -0.15) is 10.2 Å². The van der Waals surface area contributed by atoms with Crippen LogP contribution in [0.15, 0.2) is 98.1 Å². The van der Waals surface area contributed by atoms with Gasteiger partial charge in [-0.25, -0.2) is 24.6 Å². The number of alkyl halides is 1. The summed E-state index contributed by atoms with van der Waals surface area (Å²) in [6, 6.07) is 19.9. The monoisotopic (exact) mass is 702 g/mol. The molecule has 0 saturated heterocycles. The standard InChI is InChI=1S/C15H13N5O3.C13H11BrN2O3.C2H3N3/c1-23-14-6-5-12(8-19-10-16-9-17-19)18-15(14)11-3-2-4-13(7-11)20(21)22;1-19-12-6-5-10(8-14)15-13(12)9-3-2-4-11(7-9)16(17)18;1-3-2-5-4-1/h2-7,9-10H,8H2,1H3;2-7H,8H2,1H3;1-2H,(H,3,4,5). The fourth-order valence-electron chi connectivity index (χ4n) is 4.06. The largest absolute Gasteiger partial charge is 0.494 e. The number of halogens is 1. The van der Waals surface area contributed by atoms with E-state index in [0.717, 1.165) is 11.4 Å². The number of aromatic amines is 1. The molecule has 6 rings (SSSR count). The summed E-state index contributed by atoms with van der Waals surface area (Å²) in [6.07, 6.45) is 6.00. The summed E-state index contributed by atoms with van der Waals surface area (Å²) in [5.74, 6) is 1.14. The summed E-state index contributed by atoms with van der Waals surface area (Å²) < 4.78 is 12.2. The second-order valence-corrected chi connectivity index (χ2v) is 9.76. The van der Waals surface area contributed by atoms with Gasteiger partial charge in [0.2, 0.25) is 0 Å². The Bertz CT molecular complexity index is 1890. The molecule has 0 spiro atoms. The molecule has 0 bridgehead atoms. The molecule has 0 aliphatic heterocycles. The van der Waals surface area contributed by atoms with Gasteiger partial charge in [0, 0.05) is 40.7 Å². The van der Waals surface area contributed by atoms with E-state index in [2.05, 4.69) is 51.2 Å². The lowest BCUT2D eigenvalue weighted by atomic mass is 10.1. The van der Waals surface area contributed by atoms with Gasteiger partial charge >= 0.3 is 0 Å². The Balaban J connectivity index is 0.000000187. The average molecular weight is 704 g/mol. The Kier molecular flexibility index (Phi) is 12.1. The van der Waals surface area contributed by atoms with Gasteiger partial charge in [0.15, 0.2) is 0 Å². The van der Waals surface area contributed by atoms with Crippen LogP contribution in [0.3, 0.4) is 0 Å². The number of rotatable bonds is 9. The summed E-state index contributed by atoms with van der Waals surface area (Å²) in [4.78, 5) is 37.3. The summed E-state index contributed by atoms with van der Waals surface area (Å²) in [7, 11) is 3.08. The first-order valence-electron chi connectivity index (χ1n) is 13.6. The minimum atomic E-state index is -0.435. The molecule has 0 saturated carbocycles. The first kappa shape index (κ1) is 33.8. The zero-order valence-corrected chi connectivity index (χ0v) is 26.6. The predicted molar refractivity (Wildman–Crippen MR) is 174 cm³/mol. The van der Waals surface area contributed by atoms with E-state index in [1.165, 1.54) is 50.4 Å². The van der Waals surface area contributed by atoms with E-state index in [9.17, 15) is 20.2 Å². The number of methoxy groups -OCH3 is 2. The number of hydrogen-bond acceptors (Lipinski definition) is 12. The Morgan fingerprint density at radius 2 is 1.36 bits per heavy atom. The van der Waals surface area contributed by atoms with Crippen molar-refractivity contribution in [1.82, 2.24) is 39.9 Å². The van der Waals surface area contributed by atoms with E-state index < -0.39 is 9.85 Å². The lowest BCUT2D eigenvalue weighted by molar-refractivity contribution is -0.385. The molecule has 2 aromatic carbocycles. The van der Waals surface area contributed by atoms with Crippen LogP contribution < -0.4 is 9.47 Å². The van der Waals surface area contributed by atoms with Gasteiger partial charge in [-0.3, -0.25) is 25.3 Å². The first-order chi connectivity index (χ1) is 22.8. The number of benzene rings is 2. The van der Waals surface area contributed by atoms with E-state index in [-0.39, 0.29) is 11.4 Å². The minimum absolute atomic E-state index is 0.00744. The van der Waals surface area contributed by atoms with Crippen molar-refractivity contribution in [2.75, 3.05) is 14.2 Å². The molecule has 0 fully saturated rings. The number of nitro benzene ring substituents is 2. The smallest absolute Gasteiger partial charge is 0.270 e. The highest BCUT2D eigenvalue weighted by atomic mass is 79.9. The van der Waals surface area contributed by atoms with Gasteiger partial charge < -0.3 is 9.47 Å². The Morgan fingerprint density at radius 1 is 0.787 bits per heavy atom. The van der Waals surface area contributed by atoms with Crippen molar-refractivity contribution in [3.8, 4) is 34.0 Å². The Morgan fingerprint density at radius 3 is 1.79 bits per heavy atom. The van der Waals surface area contributed by atoms with Crippen molar-refractivity contribution in [2.24, 2.45) is 0 Å². The lowest BCUT2D eigenvalue weighted by Gasteiger charge is -2.10. The number of H-pyrrole nitrogens is 1.